The smallest absolute Gasteiger partial charge is 0.317 e. The van der Waals surface area contributed by atoms with Crippen molar-refractivity contribution in [3.63, 3.8) is 0 Å². The molecule has 2 aliphatic rings. The Balaban J connectivity index is 0.971. The Labute approximate surface area is 305 Å². The number of hydrogen-bond donors (Lipinski definition) is 2. The summed E-state index contributed by atoms with van der Waals surface area (Å²) in [7, 11) is 1.67. The molecule has 2 aliphatic heterocycles. The van der Waals surface area contributed by atoms with Crippen LogP contribution in [-0.4, -0.2) is 78.4 Å². The molecule has 270 valence electrons. The normalized spacial score (nSPS) is 17.9. The maximum atomic E-state index is 12.4. The first-order valence-corrected chi connectivity index (χ1v) is 18.2. The third kappa shape index (κ3) is 7.98. The molecule has 5 aromatic rings. The van der Waals surface area contributed by atoms with Crippen molar-refractivity contribution in [2.75, 3.05) is 32.1 Å². The lowest BCUT2D eigenvalue weighted by atomic mass is 9.88. The number of methoxy groups -OCH3 is 1. The first-order chi connectivity index (χ1) is 25.4. The van der Waals surface area contributed by atoms with Crippen LogP contribution in [0, 0.1) is 20.8 Å². The highest BCUT2D eigenvalue weighted by molar-refractivity contribution is 5.75. The van der Waals surface area contributed by atoms with Gasteiger partial charge in [0.15, 0.2) is 0 Å². The van der Waals surface area contributed by atoms with Gasteiger partial charge in [0, 0.05) is 57.1 Å². The molecule has 2 saturated heterocycles. The van der Waals surface area contributed by atoms with Gasteiger partial charge in [0.2, 0.25) is 5.95 Å². The summed E-state index contributed by atoms with van der Waals surface area (Å²) >= 11 is 0. The van der Waals surface area contributed by atoms with Gasteiger partial charge in [-0.05, 0) is 93.0 Å². The number of nitrogens with one attached hydrogen (secondary N) is 2. The fraction of sp³-hybridized carbons (Fsp3) is 0.400. The molecule has 7 rings (SSSR count). The minimum Gasteiger partial charge on any atom is -0.378 e. The molecule has 0 spiro atoms. The molecule has 0 unspecified atom stereocenters. The maximum absolute atomic E-state index is 12.4. The number of amides is 2. The van der Waals surface area contributed by atoms with Crippen molar-refractivity contribution in [2.24, 2.45) is 0 Å². The number of pyridine rings is 2. The van der Waals surface area contributed by atoms with E-state index in [1.165, 1.54) is 22.5 Å². The molecule has 12 nitrogen and oxygen atoms in total. The van der Waals surface area contributed by atoms with E-state index in [4.69, 9.17) is 19.7 Å². The minimum absolute atomic E-state index is 0.0674. The average molecular weight is 701 g/mol. The molecule has 2 atom stereocenters. The standard InChI is InChI=1S/C40H48N10O2/c1-27-9-6-16-41-37(27)35-11-5-12-36(38-28(2)10-7-17-42-38)50(35)20-8-19-49-24-32(23-45-49)46-39-43-18-15-34(47-39)30-13-14-31(29(3)21-30)22-44-40(51)48-25-33(26-48)52-4/h6-7,9-10,13-18,21,23-24,33,35-36H,5,8,11-12,19-20,22,25-26H2,1-4H3,(H,44,51)(H,43,46,47)/t35-,36+. The number of benzene rings is 1. The number of nitrogens with zero attached hydrogens (tertiary/aromatic N) is 8. The maximum Gasteiger partial charge on any atom is 0.317 e. The molecule has 52 heavy (non-hydrogen) atoms. The van der Waals surface area contributed by atoms with Gasteiger partial charge in [-0.25, -0.2) is 14.8 Å². The number of aryl methyl sites for hydroxylation is 4. The van der Waals surface area contributed by atoms with Crippen LogP contribution >= 0.6 is 0 Å². The van der Waals surface area contributed by atoms with Crippen LogP contribution in [0.2, 0.25) is 0 Å². The minimum atomic E-state index is -0.0674. The fourth-order valence-electron chi connectivity index (χ4n) is 7.41. The number of carbonyl (C=O) groups excluding carboxylic acids is 1. The van der Waals surface area contributed by atoms with Crippen LogP contribution in [-0.2, 0) is 17.8 Å². The first kappa shape index (κ1) is 35.2. The Morgan fingerprint density at radius 2 is 1.62 bits per heavy atom. The van der Waals surface area contributed by atoms with Gasteiger partial charge in [0.05, 0.1) is 60.2 Å². The zero-order chi connectivity index (χ0) is 36.0. The molecule has 0 radical (unpaired) electrons. The molecule has 6 heterocycles. The van der Waals surface area contributed by atoms with E-state index >= 15 is 0 Å². The highest BCUT2D eigenvalue weighted by atomic mass is 16.5. The number of aromatic nitrogens is 6. The van der Waals surface area contributed by atoms with Crippen molar-refractivity contribution in [3.05, 3.63) is 113 Å². The molecule has 0 bridgehead atoms. The zero-order valence-electron chi connectivity index (χ0n) is 30.5. The van der Waals surface area contributed by atoms with Crippen molar-refractivity contribution >= 4 is 17.7 Å². The van der Waals surface area contributed by atoms with E-state index in [0.29, 0.717) is 25.6 Å². The molecular weight excluding hydrogens is 653 g/mol. The first-order valence-electron chi connectivity index (χ1n) is 18.2. The summed E-state index contributed by atoms with van der Waals surface area (Å²) in [5.41, 5.74) is 9.59. The largest absolute Gasteiger partial charge is 0.378 e. The van der Waals surface area contributed by atoms with Gasteiger partial charge in [-0.1, -0.05) is 24.3 Å². The molecule has 4 aromatic heterocycles. The molecule has 1 aromatic carbocycles. The molecule has 0 aliphatic carbocycles. The Morgan fingerprint density at radius 1 is 0.885 bits per heavy atom. The molecule has 2 N–H and O–H groups in total. The van der Waals surface area contributed by atoms with Crippen LogP contribution in [0.1, 0.15) is 71.4 Å². The predicted molar refractivity (Wildman–Crippen MR) is 201 cm³/mol. The van der Waals surface area contributed by atoms with E-state index in [0.717, 1.165) is 66.8 Å². The molecular formula is C40H48N10O2. The second-order valence-corrected chi connectivity index (χ2v) is 13.9. The molecule has 12 heteroatoms. The number of urea groups is 1. The third-order valence-corrected chi connectivity index (χ3v) is 10.4. The van der Waals surface area contributed by atoms with Crippen LogP contribution in [0.15, 0.2) is 79.5 Å². The van der Waals surface area contributed by atoms with Crippen LogP contribution in [0.3, 0.4) is 0 Å². The summed E-state index contributed by atoms with van der Waals surface area (Å²) in [5, 5.41) is 11.0. The van der Waals surface area contributed by atoms with Crippen molar-refractivity contribution < 1.29 is 9.53 Å². The Bertz CT molecular complexity index is 1940. The molecule has 2 amide bonds. The second-order valence-electron chi connectivity index (χ2n) is 13.9. The van der Waals surface area contributed by atoms with Gasteiger partial charge in [-0.15, -0.1) is 0 Å². The lowest BCUT2D eigenvalue weighted by molar-refractivity contribution is -0.00771. The number of likely N-dealkylation sites (tertiary alicyclic amines) is 2. The topological polar surface area (TPSA) is 126 Å². The lowest BCUT2D eigenvalue weighted by Gasteiger charge is -2.42. The van der Waals surface area contributed by atoms with E-state index in [1.54, 1.807) is 18.2 Å². The van der Waals surface area contributed by atoms with Crippen molar-refractivity contribution in [1.29, 1.82) is 0 Å². The third-order valence-electron chi connectivity index (χ3n) is 10.4. The second kappa shape index (κ2) is 16.0. The van der Waals surface area contributed by atoms with Gasteiger partial charge >= 0.3 is 6.03 Å². The van der Waals surface area contributed by atoms with Gasteiger partial charge < -0.3 is 20.3 Å². The van der Waals surface area contributed by atoms with E-state index < -0.39 is 0 Å². The van der Waals surface area contributed by atoms with Crippen LogP contribution < -0.4 is 10.6 Å². The van der Waals surface area contributed by atoms with E-state index in [2.05, 4.69) is 64.6 Å². The summed E-state index contributed by atoms with van der Waals surface area (Å²) in [6.07, 6.45) is 13.8. The number of anilines is 2. The summed E-state index contributed by atoms with van der Waals surface area (Å²) in [5.74, 6) is 0.505. The number of piperidine rings is 1. The van der Waals surface area contributed by atoms with Crippen molar-refractivity contribution in [1.82, 2.24) is 44.8 Å². The van der Waals surface area contributed by atoms with Gasteiger partial charge in [0.25, 0.3) is 0 Å². The predicted octanol–water partition coefficient (Wildman–Crippen LogP) is 6.70. The Hall–Kier alpha value is -5.20. The monoisotopic (exact) mass is 700 g/mol. The SMILES string of the molecule is COC1CN(C(=O)NCc2ccc(-c3ccnc(Nc4cnn(CCCN5[C@@H](c6ncccc6C)CCC[C@H]5c5ncccc5C)c4)n3)cc2C)C1. The Morgan fingerprint density at radius 3 is 2.29 bits per heavy atom. The van der Waals surface area contributed by atoms with Crippen molar-refractivity contribution in [2.45, 2.75) is 77.7 Å². The van der Waals surface area contributed by atoms with E-state index in [1.807, 2.05) is 59.8 Å². The number of rotatable bonds is 12. The fourth-order valence-corrected chi connectivity index (χ4v) is 7.41. The van der Waals surface area contributed by atoms with E-state index in [9.17, 15) is 4.79 Å². The zero-order valence-corrected chi connectivity index (χ0v) is 30.5. The molecule has 2 fully saturated rings. The average Bonchev–Trinajstić information content (AvgIpc) is 3.58. The summed E-state index contributed by atoms with van der Waals surface area (Å²) in [6.45, 7) is 9.80. The summed E-state index contributed by atoms with van der Waals surface area (Å²) < 4.78 is 7.25. The van der Waals surface area contributed by atoms with Crippen molar-refractivity contribution in [3.8, 4) is 11.3 Å². The van der Waals surface area contributed by atoms with Gasteiger partial charge in [0.1, 0.15) is 0 Å². The highest BCUT2D eigenvalue weighted by Crippen LogP contribution is 2.42. The van der Waals surface area contributed by atoms with Crippen LogP contribution in [0.4, 0.5) is 16.4 Å². The quantitative estimate of drug-likeness (QED) is 0.146. The number of carbonyl (C=O) groups is 1. The van der Waals surface area contributed by atoms with Gasteiger partial charge in [-0.3, -0.25) is 19.5 Å². The summed E-state index contributed by atoms with van der Waals surface area (Å²) in [4.78, 5) is 35.8. The number of ether oxygens (including phenoxy) is 1. The highest BCUT2D eigenvalue weighted by Gasteiger charge is 2.35. The number of hydrogen-bond acceptors (Lipinski definition) is 9. The molecule has 0 saturated carbocycles. The van der Waals surface area contributed by atoms with Crippen LogP contribution in [0.5, 0.6) is 0 Å². The Kier molecular flexibility index (Phi) is 10.8. The van der Waals surface area contributed by atoms with Crippen LogP contribution in [0.25, 0.3) is 11.3 Å². The van der Waals surface area contributed by atoms with Gasteiger partial charge in [-0.2, -0.15) is 5.10 Å². The lowest BCUT2D eigenvalue weighted by Crippen LogP contribution is -2.57. The van der Waals surface area contributed by atoms with E-state index in [-0.39, 0.29) is 24.2 Å². The summed E-state index contributed by atoms with van der Waals surface area (Å²) in [6, 6.07) is 16.9.